The number of hydrogen-bond acceptors (Lipinski definition) is 2. The van der Waals surface area contributed by atoms with Crippen LogP contribution in [0.4, 0.5) is 16.9 Å². The molecular weight excluding hydrogens is 804 g/mol. The quantitative estimate of drug-likeness (QED) is 0.0329. The Hall–Kier alpha value is -1.99. The van der Waals surface area contributed by atoms with Crippen molar-refractivity contribution in [3.05, 3.63) is 78.9 Å². The average Bonchev–Trinajstić information content (AvgIpc) is 3.10. The van der Waals surface area contributed by atoms with Crippen molar-refractivity contribution in [1.82, 2.24) is 0 Å². The van der Waals surface area contributed by atoms with E-state index in [2.05, 4.69) is 92.7 Å². The van der Waals surface area contributed by atoms with Crippen molar-refractivity contribution in [3.63, 3.8) is 0 Å². The first-order valence-electron chi connectivity index (χ1n) is 19.6. The fourth-order valence-corrected chi connectivity index (χ4v) is 7.93. The first kappa shape index (κ1) is 46.2. The number of rotatable bonds is 27. The number of ether oxygens (including phenoxy) is 2. The van der Waals surface area contributed by atoms with Gasteiger partial charge in [-0.05, 0) is 73.5 Å². The second-order valence-electron chi connectivity index (χ2n) is 13.6. The maximum absolute atomic E-state index is 11.2. The van der Waals surface area contributed by atoms with E-state index in [9.17, 15) is 16.9 Å². The summed E-state index contributed by atoms with van der Waals surface area (Å²) in [5, 5.41) is 0. The molecule has 0 heterocycles. The molecule has 52 heavy (non-hydrogen) atoms. The zero-order valence-electron chi connectivity index (χ0n) is 31.5. The Morgan fingerprint density at radius 2 is 0.654 bits per heavy atom. The zero-order chi connectivity index (χ0) is 38.0. The van der Waals surface area contributed by atoms with Gasteiger partial charge in [-0.15, -0.1) is 0 Å². The van der Waals surface area contributed by atoms with Gasteiger partial charge in [-0.1, -0.05) is 148 Å². The summed E-state index contributed by atoms with van der Waals surface area (Å²) >= 11 is -11.2. The predicted molar refractivity (Wildman–Crippen MR) is 209 cm³/mol. The summed E-state index contributed by atoms with van der Waals surface area (Å²) in [5.74, 6) is 1.95. The van der Waals surface area contributed by atoms with Crippen molar-refractivity contribution < 1.29 is 26.4 Å². The third-order valence-electron chi connectivity index (χ3n) is 8.63. The molecule has 0 aliphatic carbocycles. The van der Waals surface area contributed by atoms with Gasteiger partial charge >= 0.3 is 36.4 Å². The molecule has 0 saturated heterocycles. The summed E-state index contributed by atoms with van der Waals surface area (Å²) in [4.78, 5) is 3.95. The van der Waals surface area contributed by atoms with Crippen LogP contribution in [0.25, 0.3) is 0 Å². The Morgan fingerprint density at radius 3 is 0.962 bits per heavy atom. The summed E-state index contributed by atoms with van der Waals surface area (Å²) < 4.78 is 71.8. The summed E-state index contributed by atoms with van der Waals surface area (Å²) in [6.07, 6.45) is 26.9. The standard InChI is InChI=1S/C42H63O2S.6FH.Sb/c1-3-5-7-9-11-13-15-17-19-24-36-43-38-28-32-41(33-29-38)45(40-26-22-21-23-27-40)42-34-30-39(31-35-42)44-37-25-20-18-16-14-12-10-8-6-4-2;;;;;;;/h21-23,26-35H,3-20,24-25,36-37H2,1-2H3;6*1H;/q+1;;;;;;;+5/p-6. The van der Waals surface area contributed by atoms with E-state index in [-0.39, 0.29) is 10.9 Å². The molecule has 0 amide bonds. The number of halogens is 6. The van der Waals surface area contributed by atoms with Crippen molar-refractivity contribution in [1.29, 1.82) is 0 Å². The second kappa shape index (κ2) is 24.4. The third-order valence-corrected chi connectivity index (χ3v) is 10.9. The normalized spacial score (nSPS) is 12.9. The molecule has 0 aromatic heterocycles. The number of hydrogen-bond donors (Lipinski definition) is 0. The van der Waals surface area contributed by atoms with E-state index in [0.717, 1.165) is 37.6 Å². The minimum absolute atomic E-state index is 0.173. The van der Waals surface area contributed by atoms with E-state index in [1.54, 1.807) is 0 Å². The molecule has 3 rings (SSSR count). The summed E-state index contributed by atoms with van der Waals surface area (Å²) in [5.41, 5.74) is 0. The van der Waals surface area contributed by atoms with Gasteiger partial charge in [0.2, 0.25) is 0 Å². The molecule has 0 saturated carbocycles. The molecule has 0 unspecified atom stereocenters. The molecule has 10 heteroatoms. The fourth-order valence-electron chi connectivity index (χ4n) is 5.87. The Balaban J connectivity index is 0.00000121. The van der Waals surface area contributed by atoms with Crippen molar-refractivity contribution >= 4 is 30.4 Å². The summed E-state index contributed by atoms with van der Waals surface area (Å²) in [6, 6.07) is 28.5. The summed E-state index contributed by atoms with van der Waals surface area (Å²) in [6.45, 7) is 6.18. The molecule has 0 N–H and O–H groups in total. The molecule has 0 fully saturated rings. The first-order valence-corrected chi connectivity index (χ1v) is 26.6. The van der Waals surface area contributed by atoms with Crippen molar-refractivity contribution in [2.75, 3.05) is 13.2 Å². The van der Waals surface area contributed by atoms with Gasteiger partial charge in [-0.25, -0.2) is 0 Å². The van der Waals surface area contributed by atoms with Gasteiger partial charge in [-0.2, -0.15) is 0 Å². The molecule has 2 nitrogen and oxygen atoms in total. The molecule has 0 aliphatic rings. The van der Waals surface area contributed by atoms with Gasteiger partial charge in [0, 0.05) is 0 Å². The zero-order valence-corrected chi connectivity index (χ0v) is 34.9. The molecule has 0 spiro atoms. The van der Waals surface area contributed by atoms with Crippen molar-refractivity contribution in [3.8, 4) is 11.5 Å². The van der Waals surface area contributed by atoms with E-state index in [1.165, 1.54) is 130 Å². The van der Waals surface area contributed by atoms with Crippen LogP contribution in [0.2, 0.25) is 0 Å². The van der Waals surface area contributed by atoms with Crippen LogP contribution in [0.15, 0.2) is 93.5 Å². The number of benzene rings is 3. The maximum atomic E-state index is 9.93. The molecule has 296 valence electrons. The second-order valence-corrected chi connectivity index (χ2v) is 21.1. The minimum atomic E-state index is -11.2. The number of unbranched alkanes of at least 4 members (excludes halogenated alkanes) is 18. The topological polar surface area (TPSA) is 18.5 Å². The van der Waals surface area contributed by atoms with Crippen LogP contribution in [0.1, 0.15) is 142 Å². The monoisotopic (exact) mass is 866 g/mol. The SMILES string of the molecule is CCCCCCCCCCCCOc1ccc([S+](c2ccccc2)c2ccc(OCCCCCCCCCCCC)cc2)cc1.[F][Sb-]([F])([F])([F])([F])[F]. The van der Waals surface area contributed by atoms with Gasteiger partial charge in [0.15, 0.2) is 14.7 Å². The predicted octanol–water partition coefficient (Wildman–Crippen LogP) is 15.5. The van der Waals surface area contributed by atoms with E-state index in [4.69, 9.17) is 9.47 Å². The third kappa shape index (κ3) is 25.9. The Bertz CT molecular complexity index is 1230. The van der Waals surface area contributed by atoms with Crippen LogP contribution in [0.5, 0.6) is 11.5 Å². The molecule has 0 atom stereocenters. The van der Waals surface area contributed by atoms with Crippen LogP contribution in [-0.2, 0) is 10.9 Å². The van der Waals surface area contributed by atoms with Crippen LogP contribution in [-0.4, -0.2) is 32.7 Å². The molecule has 0 radical (unpaired) electrons. The first-order chi connectivity index (χ1) is 24.8. The Labute approximate surface area is 315 Å². The van der Waals surface area contributed by atoms with E-state index in [1.807, 2.05) is 0 Å². The molecule has 0 bridgehead atoms. The Kier molecular flexibility index (Phi) is 21.7. The fraction of sp³-hybridized carbons (Fsp3) is 0.571. The average molecular weight is 868 g/mol. The van der Waals surface area contributed by atoms with Crippen LogP contribution in [0.3, 0.4) is 0 Å². The molecule has 3 aromatic rings. The van der Waals surface area contributed by atoms with Crippen LogP contribution >= 0.6 is 0 Å². The molecule has 0 aliphatic heterocycles. The van der Waals surface area contributed by atoms with Crippen molar-refractivity contribution in [2.45, 2.75) is 157 Å². The Morgan fingerprint density at radius 1 is 0.385 bits per heavy atom. The van der Waals surface area contributed by atoms with Gasteiger partial charge in [0.25, 0.3) is 0 Å². The summed E-state index contributed by atoms with van der Waals surface area (Å²) in [7, 11) is -0.173. The van der Waals surface area contributed by atoms with Gasteiger partial charge in [0.1, 0.15) is 11.5 Å². The van der Waals surface area contributed by atoms with E-state index >= 15 is 0 Å². The van der Waals surface area contributed by atoms with Crippen LogP contribution in [0, 0.1) is 0 Å². The van der Waals surface area contributed by atoms with E-state index < -0.39 is 19.5 Å². The molecular formula is C42H63F6O2SSb. The van der Waals surface area contributed by atoms with Gasteiger partial charge in [0.05, 0.1) is 24.1 Å². The molecule has 3 aromatic carbocycles. The van der Waals surface area contributed by atoms with Crippen LogP contribution < -0.4 is 9.47 Å². The van der Waals surface area contributed by atoms with Gasteiger partial charge < -0.3 is 9.47 Å². The van der Waals surface area contributed by atoms with Gasteiger partial charge in [-0.3, -0.25) is 0 Å². The van der Waals surface area contributed by atoms with E-state index in [0.29, 0.717) is 0 Å². The van der Waals surface area contributed by atoms with Crippen molar-refractivity contribution in [2.24, 2.45) is 0 Å².